The van der Waals surface area contributed by atoms with Crippen molar-refractivity contribution < 1.29 is 23.8 Å². The molecule has 126 valence electrons. The number of hydrogen-bond donors (Lipinski definition) is 1. The molecule has 0 aromatic heterocycles. The second kappa shape index (κ2) is 8.01. The third-order valence-corrected chi connectivity index (χ3v) is 3.38. The third kappa shape index (κ3) is 4.25. The lowest BCUT2D eigenvalue weighted by molar-refractivity contribution is -0.119. The minimum atomic E-state index is -0.661. The highest BCUT2D eigenvalue weighted by molar-refractivity contribution is 5.97. The van der Waals surface area contributed by atoms with Crippen LogP contribution in [0.2, 0.25) is 0 Å². The van der Waals surface area contributed by atoms with E-state index in [0.717, 1.165) is 5.56 Å². The van der Waals surface area contributed by atoms with Gasteiger partial charge in [0.1, 0.15) is 17.1 Å². The zero-order chi connectivity index (χ0) is 17.5. The minimum absolute atomic E-state index is 0.195. The van der Waals surface area contributed by atoms with Gasteiger partial charge >= 0.3 is 5.97 Å². The van der Waals surface area contributed by atoms with Gasteiger partial charge in [0.05, 0.1) is 14.2 Å². The van der Waals surface area contributed by atoms with Crippen molar-refractivity contribution in [1.82, 2.24) is 0 Å². The van der Waals surface area contributed by atoms with Crippen molar-refractivity contribution in [2.24, 2.45) is 0 Å². The molecule has 0 bridgehead atoms. The van der Waals surface area contributed by atoms with Crippen LogP contribution < -0.4 is 14.8 Å². The molecule has 6 nitrogen and oxygen atoms in total. The average Bonchev–Trinajstić information content (AvgIpc) is 2.61. The van der Waals surface area contributed by atoms with E-state index >= 15 is 0 Å². The molecule has 2 aromatic rings. The Labute approximate surface area is 140 Å². The highest BCUT2D eigenvalue weighted by atomic mass is 16.5. The van der Waals surface area contributed by atoms with Crippen LogP contribution in [0, 0.1) is 6.92 Å². The first-order valence-electron chi connectivity index (χ1n) is 7.29. The normalized spacial score (nSPS) is 9.96. The van der Waals surface area contributed by atoms with Gasteiger partial charge in [-0.3, -0.25) is 4.79 Å². The molecule has 1 N–H and O–H groups in total. The molecule has 0 spiro atoms. The van der Waals surface area contributed by atoms with E-state index in [4.69, 9.17) is 14.2 Å². The summed E-state index contributed by atoms with van der Waals surface area (Å²) in [7, 11) is 2.94. The SMILES string of the molecule is COc1ccc(OC)c(C(=O)OCC(=O)Nc2ccccc2C)c1. The molecule has 2 rings (SSSR count). The van der Waals surface area contributed by atoms with Crippen LogP contribution in [0.25, 0.3) is 0 Å². The summed E-state index contributed by atoms with van der Waals surface area (Å²) < 4.78 is 15.3. The number of aryl methyl sites for hydroxylation is 1. The summed E-state index contributed by atoms with van der Waals surface area (Å²) in [6, 6.07) is 12.1. The lowest BCUT2D eigenvalue weighted by Crippen LogP contribution is -2.21. The third-order valence-electron chi connectivity index (χ3n) is 3.38. The number of anilines is 1. The van der Waals surface area contributed by atoms with Crippen LogP contribution in [0.15, 0.2) is 42.5 Å². The van der Waals surface area contributed by atoms with E-state index in [1.807, 2.05) is 25.1 Å². The molecule has 0 aliphatic rings. The molecule has 24 heavy (non-hydrogen) atoms. The van der Waals surface area contributed by atoms with Crippen molar-refractivity contribution in [2.45, 2.75) is 6.92 Å². The van der Waals surface area contributed by atoms with Crippen molar-refractivity contribution >= 4 is 17.6 Å². The lowest BCUT2D eigenvalue weighted by Gasteiger charge is -2.11. The summed E-state index contributed by atoms with van der Waals surface area (Å²) in [5.74, 6) is -0.238. The zero-order valence-electron chi connectivity index (χ0n) is 13.8. The highest BCUT2D eigenvalue weighted by Gasteiger charge is 2.16. The van der Waals surface area contributed by atoms with Crippen LogP contribution >= 0.6 is 0 Å². The summed E-state index contributed by atoms with van der Waals surface area (Å²) in [5, 5.41) is 2.70. The summed E-state index contributed by atoms with van der Waals surface area (Å²) in [4.78, 5) is 24.1. The first kappa shape index (κ1) is 17.3. The van der Waals surface area contributed by atoms with Gasteiger partial charge in [0.15, 0.2) is 6.61 Å². The summed E-state index contributed by atoms with van der Waals surface area (Å²) in [6.45, 7) is 1.48. The van der Waals surface area contributed by atoms with Crippen LogP contribution in [0.1, 0.15) is 15.9 Å². The Morgan fingerprint density at radius 1 is 1.04 bits per heavy atom. The molecule has 0 unspecified atom stereocenters. The maximum absolute atomic E-state index is 12.2. The van der Waals surface area contributed by atoms with Gasteiger partial charge in [-0.15, -0.1) is 0 Å². The fourth-order valence-electron chi connectivity index (χ4n) is 2.08. The molecule has 1 amide bonds. The molecule has 0 aliphatic heterocycles. The number of ether oxygens (including phenoxy) is 3. The smallest absolute Gasteiger partial charge is 0.342 e. The summed E-state index contributed by atoms with van der Waals surface area (Å²) in [6.07, 6.45) is 0. The van der Waals surface area contributed by atoms with E-state index in [9.17, 15) is 9.59 Å². The molecule has 0 heterocycles. The first-order valence-corrected chi connectivity index (χ1v) is 7.29. The second-order valence-electron chi connectivity index (χ2n) is 5.01. The molecule has 0 saturated heterocycles. The quantitative estimate of drug-likeness (QED) is 0.825. The Balaban J connectivity index is 2.00. The van der Waals surface area contributed by atoms with E-state index in [2.05, 4.69) is 5.32 Å². The number of carbonyl (C=O) groups excluding carboxylic acids is 2. The van der Waals surface area contributed by atoms with Crippen LogP contribution in [-0.2, 0) is 9.53 Å². The topological polar surface area (TPSA) is 73.9 Å². The number of hydrogen-bond acceptors (Lipinski definition) is 5. The van der Waals surface area contributed by atoms with Crippen LogP contribution in [0.4, 0.5) is 5.69 Å². The largest absolute Gasteiger partial charge is 0.497 e. The molecule has 0 aliphatic carbocycles. The number of nitrogens with one attached hydrogen (secondary N) is 1. The number of methoxy groups -OCH3 is 2. The predicted molar refractivity (Wildman–Crippen MR) is 89.6 cm³/mol. The highest BCUT2D eigenvalue weighted by Crippen LogP contribution is 2.24. The van der Waals surface area contributed by atoms with Crippen molar-refractivity contribution in [3.8, 4) is 11.5 Å². The van der Waals surface area contributed by atoms with Gasteiger partial charge in [0.25, 0.3) is 5.91 Å². The first-order chi connectivity index (χ1) is 11.5. The monoisotopic (exact) mass is 329 g/mol. The Morgan fingerprint density at radius 2 is 1.79 bits per heavy atom. The number of amides is 1. The van der Waals surface area contributed by atoms with Crippen LogP contribution in [0.3, 0.4) is 0 Å². The van der Waals surface area contributed by atoms with Gasteiger partial charge in [-0.2, -0.15) is 0 Å². The average molecular weight is 329 g/mol. The molecular weight excluding hydrogens is 310 g/mol. The second-order valence-corrected chi connectivity index (χ2v) is 5.01. The van der Waals surface area contributed by atoms with Gasteiger partial charge in [-0.05, 0) is 36.8 Å². The van der Waals surface area contributed by atoms with Crippen molar-refractivity contribution in [3.63, 3.8) is 0 Å². The molecule has 6 heteroatoms. The van der Waals surface area contributed by atoms with E-state index in [1.54, 1.807) is 18.2 Å². The van der Waals surface area contributed by atoms with Gasteiger partial charge in [-0.1, -0.05) is 18.2 Å². The maximum atomic E-state index is 12.2. The summed E-state index contributed by atoms with van der Waals surface area (Å²) >= 11 is 0. The maximum Gasteiger partial charge on any atom is 0.342 e. The van der Waals surface area contributed by atoms with E-state index in [-0.39, 0.29) is 5.56 Å². The minimum Gasteiger partial charge on any atom is -0.497 e. The van der Waals surface area contributed by atoms with E-state index < -0.39 is 18.5 Å². The molecule has 2 aromatic carbocycles. The van der Waals surface area contributed by atoms with E-state index in [0.29, 0.717) is 17.2 Å². The fourth-order valence-corrected chi connectivity index (χ4v) is 2.08. The molecule has 0 radical (unpaired) electrons. The molecular formula is C18H19NO5. The number of esters is 1. The van der Waals surface area contributed by atoms with Gasteiger partial charge in [0, 0.05) is 5.69 Å². The van der Waals surface area contributed by atoms with Crippen LogP contribution in [0.5, 0.6) is 11.5 Å². The van der Waals surface area contributed by atoms with Gasteiger partial charge in [0.2, 0.25) is 0 Å². The number of carbonyl (C=O) groups is 2. The van der Waals surface area contributed by atoms with Crippen molar-refractivity contribution in [1.29, 1.82) is 0 Å². The fraction of sp³-hybridized carbons (Fsp3) is 0.222. The predicted octanol–water partition coefficient (Wildman–Crippen LogP) is 2.81. The van der Waals surface area contributed by atoms with Gasteiger partial charge in [-0.25, -0.2) is 4.79 Å². The number of benzene rings is 2. The number of para-hydroxylation sites is 1. The standard InChI is InChI=1S/C18H19NO5/c1-12-6-4-5-7-15(12)19-17(20)11-24-18(21)14-10-13(22-2)8-9-16(14)23-3/h4-10H,11H2,1-3H3,(H,19,20). The lowest BCUT2D eigenvalue weighted by atomic mass is 10.2. The van der Waals surface area contributed by atoms with Crippen molar-refractivity contribution in [2.75, 3.05) is 26.1 Å². The Hall–Kier alpha value is -3.02. The molecule has 0 atom stereocenters. The van der Waals surface area contributed by atoms with Crippen molar-refractivity contribution in [3.05, 3.63) is 53.6 Å². The van der Waals surface area contributed by atoms with Crippen LogP contribution in [-0.4, -0.2) is 32.7 Å². The number of rotatable bonds is 6. The molecule has 0 saturated carbocycles. The Kier molecular flexibility index (Phi) is 5.78. The summed E-state index contributed by atoms with van der Waals surface area (Å²) in [5.41, 5.74) is 1.80. The Morgan fingerprint density at radius 3 is 2.46 bits per heavy atom. The zero-order valence-corrected chi connectivity index (χ0v) is 13.8. The Bertz CT molecular complexity index is 742. The molecule has 0 fully saturated rings. The van der Waals surface area contributed by atoms with E-state index in [1.165, 1.54) is 20.3 Å². The van der Waals surface area contributed by atoms with Gasteiger partial charge < -0.3 is 19.5 Å².